The molecule has 1 aromatic heterocycles. The van der Waals surface area contributed by atoms with Crippen molar-refractivity contribution in [3.05, 3.63) is 22.2 Å². The third kappa shape index (κ3) is 2.40. The van der Waals surface area contributed by atoms with Crippen LogP contribution in [0.3, 0.4) is 0 Å². The van der Waals surface area contributed by atoms with Crippen LogP contribution in [0, 0.1) is 10.1 Å². The number of nitrogens with zero attached hydrogens (tertiary/aromatic N) is 4. The second kappa shape index (κ2) is 5.24. The van der Waals surface area contributed by atoms with Crippen molar-refractivity contribution >= 4 is 17.3 Å². The molecule has 3 rings (SSSR count). The average Bonchev–Trinajstić information content (AvgIpc) is 3.09. The molecule has 2 N–H and O–H groups in total. The van der Waals surface area contributed by atoms with Crippen LogP contribution in [0.5, 0.6) is 0 Å². The Bertz CT molecular complexity index is 515. The van der Waals surface area contributed by atoms with Gasteiger partial charge in [-0.1, -0.05) is 0 Å². The maximum Gasteiger partial charge on any atom is 0.311 e. The zero-order valence-electron chi connectivity index (χ0n) is 11.4. The molecule has 2 aliphatic rings. The van der Waals surface area contributed by atoms with Gasteiger partial charge in [-0.2, -0.15) is 0 Å². The lowest BCUT2D eigenvalue weighted by molar-refractivity contribution is -0.384. The maximum atomic E-state index is 11.1. The molecular formula is C13H19N5O2. The van der Waals surface area contributed by atoms with Crippen LogP contribution in [0.15, 0.2) is 12.1 Å². The molecule has 0 aromatic carbocycles. The van der Waals surface area contributed by atoms with E-state index in [1.54, 1.807) is 0 Å². The number of hydrogen-bond donors (Lipinski definition) is 1. The molecule has 7 nitrogen and oxygen atoms in total. The van der Waals surface area contributed by atoms with Gasteiger partial charge in [0.15, 0.2) is 0 Å². The van der Waals surface area contributed by atoms with E-state index >= 15 is 0 Å². The van der Waals surface area contributed by atoms with Gasteiger partial charge < -0.3 is 10.6 Å². The topological polar surface area (TPSA) is 88.5 Å². The van der Waals surface area contributed by atoms with E-state index in [-0.39, 0.29) is 10.6 Å². The fourth-order valence-electron chi connectivity index (χ4n) is 3.17. The van der Waals surface area contributed by atoms with Crippen LogP contribution >= 0.6 is 0 Å². The summed E-state index contributed by atoms with van der Waals surface area (Å²) in [6.07, 6.45) is 3.55. The maximum absolute atomic E-state index is 11.1. The molecule has 3 heterocycles. The van der Waals surface area contributed by atoms with Crippen LogP contribution in [0.4, 0.5) is 17.3 Å². The van der Waals surface area contributed by atoms with Crippen LogP contribution in [0.25, 0.3) is 0 Å². The van der Waals surface area contributed by atoms with E-state index in [4.69, 9.17) is 5.73 Å². The van der Waals surface area contributed by atoms with Crippen molar-refractivity contribution in [3.8, 4) is 0 Å². The summed E-state index contributed by atoms with van der Waals surface area (Å²) in [5, 5.41) is 11.1. The molecule has 1 unspecified atom stereocenters. The molecule has 7 heteroatoms. The second-order valence-electron chi connectivity index (χ2n) is 5.47. The minimum absolute atomic E-state index is 0.0428. The number of pyridine rings is 1. The zero-order valence-corrected chi connectivity index (χ0v) is 11.4. The van der Waals surface area contributed by atoms with Gasteiger partial charge in [-0.05, 0) is 38.4 Å². The molecule has 20 heavy (non-hydrogen) atoms. The van der Waals surface area contributed by atoms with Crippen molar-refractivity contribution in [2.45, 2.75) is 25.3 Å². The first-order valence-electron chi connectivity index (χ1n) is 7.05. The molecule has 0 amide bonds. The molecule has 0 bridgehead atoms. The largest absolute Gasteiger partial charge is 0.384 e. The summed E-state index contributed by atoms with van der Waals surface area (Å²) in [6, 6.07) is 3.41. The zero-order chi connectivity index (χ0) is 14.1. The highest BCUT2D eigenvalue weighted by atomic mass is 16.6. The van der Waals surface area contributed by atoms with Crippen LogP contribution in [0.2, 0.25) is 0 Å². The molecule has 0 spiro atoms. The third-order valence-corrected chi connectivity index (χ3v) is 4.19. The van der Waals surface area contributed by atoms with Gasteiger partial charge in [-0.25, -0.2) is 4.98 Å². The average molecular weight is 277 g/mol. The number of nitro groups is 1. The smallest absolute Gasteiger partial charge is 0.311 e. The Morgan fingerprint density at radius 1 is 1.30 bits per heavy atom. The van der Waals surface area contributed by atoms with Gasteiger partial charge in [0.2, 0.25) is 5.82 Å². The summed E-state index contributed by atoms with van der Waals surface area (Å²) in [4.78, 5) is 19.4. The highest BCUT2D eigenvalue weighted by Crippen LogP contribution is 2.31. The van der Waals surface area contributed by atoms with E-state index in [1.165, 1.54) is 25.0 Å². The predicted molar refractivity (Wildman–Crippen MR) is 76.7 cm³/mol. The lowest BCUT2D eigenvalue weighted by Gasteiger charge is -2.23. The molecule has 0 aliphatic carbocycles. The Kier molecular flexibility index (Phi) is 3.43. The number of aromatic nitrogens is 1. The molecule has 1 atom stereocenters. The molecule has 1 aromatic rings. The summed E-state index contributed by atoms with van der Waals surface area (Å²) in [6.45, 7) is 3.89. The van der Waals surface area contributed by atoms with Gasteiger partial charge in [0, 0.05) is 25.2 Å². The Balaban J connectivity index is 1.80. The number of nitrogen functional groups attached to an aromatic ring is 1. The molecular weight excluding hydrogens is 258 g/mol. The number of nitrogens with two attached hydrogens (primary N) is 1. The monoisotopic (exact) mass is 277 g/mol. The summed E-state index contributed by atoms with van der Waals surface area (Å²) >= 11 is 0. The van der Waals surface area contributed by atoms with Crippen molar-refractivity contribution in [2.24, 2.45) is 0 Å². The second-order valence-corrected chi connectivity index (χ2v) is 5.47. The highest BCUT2D eigenvalue weighted by Gasteiger charge is 2.32. The number of anilines is 2. The van der Waals surface area contributed by atoms with Crippen LogP contribution in [0.1, 0.15) is 19.3 Å². The van der Waals surface area contributed by atoms with E-state index in [0.29, 0.717) is 17.7 Å². The fraction of sp³-hybridized carbons (Fsp3) is 0.615. The van der Waals surface area contributed by atoms with Crippen molar-refractivity contribution in [3.63, 3.8) is 0 Å². The SMILES string of the molecule is Nc1ccc([N+](=O)[O-])c(N2CCC(N3CCCC3)C2)n1. The number of rotatable bonds is 3. The minimum atomic E-state index is -0.384. The van der Waals surface area contributed by atoms with Crippen molar-refractivity contribution in [2.75, 3.05) is 36.8 Å². The lowest BCUT2D eigenvalue weighted by atomic mass is 10.2. The summed E-state index contributed by atoms with van der Waals surface area (Å²) in [5.74, 6) is 0.743. The van der Waals surface area contributed by atoms with Gasteiger partial charge in [0.25, 0.3) is 0 Å². The van der Waals surface area contributed by atoms with E-state index in [1.807, 2.05) is 4.90 Å². The van der Waals surface area contributed by atoms with E-state index in [2.05, 4.69) is 9.88 Å². The fourth-order valence-corrected chi connectivity index (χ4v) is 3.17. The first-order chi connectivity index (χ1) is 9.65. The van der Waals surface area contributed by atoms with E-state index in [9.17, 15) is 10.1 Å². The minimum Gasteiger partial charge on any atom is -0.384 e. The molecule has 2 aliphatic heterocycles. The van der Waals surface area contributed by atoms with Crippen LogP contribution in [-0.4, -0.2) is 47.0 Å². The molecule has 0 saturated carbocycles. The van der Waals surface area contributed by atoms with Crippen molar-refractivity contribution < 1.29 is 4.92 Å². The first kappa shape index (κ1) is 13.1. The van der Waals surface area contributed by atoms with Gasteiger partial charge in [0.05, 0.1) is 4.92 Å². The van der Waals surface area contributed by atoms with E-state index < -0.39 is 0 Å². The Morgan fingerprint density at radius 3 is 2.75 bits per heavy atom. The van der Waals surface area contributed by atoms with Gasteiger partial charge in [0.1, 0.15) is 5.82 Å². The van der Waals surface area contributed by atoms with Crippen LogP contribution in [-0.2, 0) is 0 Å². The lowest BCUT2D eigenvalue weighted by Crippen LogP contribution is -2.35. The van der Waals surface area contributed by atoms with Gasteiger partial charge in [-0.15, -0.1) is 0 Å². The Hall–Kier alpha value is -1.89. The Labute approximate surface area is 117 Å². The Morgan fingerprint density at radius 2 is 2.05 bits per heavy atom. The van der Waals surface area contributed by atoms with Gasteiger partial charge in [-0.3, -0.25) is 15.0 Å². The number of likely N-dealkylation sites (tertiary alicyclic amines) is 1. The number of hydrogen-bond acceptors (Lipinski definition) is 6. The highest BCUT2D eigenvalue weighted by molar-refractivity contribution is 5.61. The first-order valence-corrected chi connectivity index (χ1v) is 7.05. The van der Waals surface area contributed by atoms with Gasteiger partial charge >= 0.3 is 5.69 Å². The van der Waals surface area contributed by atoms with Crippen molar-refractivity contribution in [1.82, 2.24) is 9.88 Å². The van der Waals surface area contributed by atoms with Crippen molar-refractivity contribution in [1.29, 1.82) is 0 Å². The van der Waals surface area contributed by atoms with E-state index in [0.717, 1.165) is 32.6 Å². The van der Waals surface area contributed by atoms with Crippen LogP contribution < -0.4 is 10.6 Å². The predicted octanol–water partition coefficient (Wildman–Crippen LogP) is 1.25. The molecule has 2 saturated heterocycles. The molecule has 0 radical (unpaired) electrons. The third-order valence-electron chi connectivity index (χ3n) is 4.19. The standard InChI is InChI=1S/C13H19N5O2/c14-12-4-3-11(18(19)20)13(15-12)17-8-5-10(9-17)16-6-1-2-7-16/h3-4,10H,1-2,5-9H2,(H2,14,15). The quantitative estimate of drug-likeness (QED) is 0.660. The molecule has 108 valence electrons. The molecule has 2 fully saturated rings. The summed E-state index contributed by atoms with van der Waals surface area (Å²) in [5.41, 5.74) is 5.72. The summed E-state index contributed by atoms with van der Waals surface area (Å²) < 4.78 is 0. The summed E-state index contributed by atoms with van der Waals surface area (Å²) in [7, 11) is 0. The normalized spacial score (nSPS) is 23.4.